The first-order valence-electron chi connectivity index (χ1n) is 0. The standard InChI is InChI=1S/Cu.In.K.H2Se.4H/h;;;1H2;;;;. The van der Waals surface area contributed by atoms with E-state index in [1.165, 1.54) is 0 Å². The van der Waals surface area contributed by atoms with Crippen molar-refractivity contribution in [3.63, 3.8) is 0 Å². The van der Waals surface area contributed by atoms with Crippen LogP contribution in [0.4, 0.5) is 0 Å². The van der Waals surface area contributed by atoms with Gasteiger partial charge >= 0.3 is 94.3 Å². The number of hydrogen-bond donors (Lipinski definition) is 0. The Hall–Kier alpha value is 3.55. The Morgan fingerprint density at radius 3 is 1.00 bits per heavy atom. The van der Waals surface area contributed by atoms with E-state index in [4.69, 9.17) is 0 Å². The molecule has 1 radical (unpaired) electrons. The molecule has 4 heavy (non-hydrogen) atoms. The van der Waals surface area contributed by atoms with Crippen molar-refractivity contribution < 1.29 is 17.1 Å². The van der Waals surface area contributed by atoms with Crippen LogP contribution in [0, 0.1) is 0 Å². The summed E-state index contributed by atoms with van der Waals surface area (Å²) in [7, 11) is 0. The zero-order valence-corrected chi connectivity index (χ0v) is 3.84. The molecule has 0 amide bonds. The van der Waals surface area contributed by atoms with Crippen molar-refractivity contribution in [1.29, 1.82) is 0 Å². The fourth-order valence-corrected chi connectivity index (χ4v) is 0. The number of hydrogen-bond acceptors (Lipinski definition) is 0. The maximum absolute atomic E-state index is 0. The third-order valence-electron chi connectivity index (χ3n) is 0. The summed E-state index contributed by atoms with van der Waals surface area (Å²) in [6, 6.07) is 0. The normalized spacial score (nSPS) is 0. The molecule has 0 saturated carbocycles. The maximum atomic E-state index is 0. The van der Waals surface area contributed by atoms with E-state index in [0.29, 0.717) is 0 Å². The summed E-state index contributed by atoms with van der Waals surface area (Å²) in [6.07, 6.45) is 0. The summed E-state index contributed by atoms with van der Waals surface area (Å²) in [5, 5.41) is 0. The van der Waals surface area contributed by atoms with Crippen LogP contribution >= 0.6 is 0 Å². The zero-order valence-electron chi connectivity index (χ0n) is 0.802. The van der Waals surface area contributed by atoms with E-state index in [0.717, 1.165) is 0 Å². The van der Waals surface area contributed by atoms with Crippen molar-refractivity contribution in [3.8, 4) is 0 Å². The zero-order chi connectivity index (χ0) is 0. The molecule has 0 aliphatic rings. The van der Waals surface area contributed by atoms with Gasteiger partial charge in [-0.3, -0.25) is 0 Å². The van der Waals surface area contributed by atoms with E-state index >= 15 is 0 Å². The van der Waals surface area contributed by atoms with Crippen LogP contribution in [0.3, 0.4) is 0 Å². The van der Waals surface area contributed by atoms with Crippen LogP contribution in [-0.4, -0.2) is 94.3 Å². The molecule has 0 atom stereocenters. The van der Waals surface area contributed by atoms with Gasteiger partial charge in [0, 0.05) is 17.1 Å². The average molecular weight is 302 g/mol. The quantitative estimate of drug-likeness (QED) is 0.426. The van der Waals surface area contributed by atoms with Crippen LogP contribution in [0.1, 0.15) is 0 Å². The number of rotatable bonds is 0. The summed E-state index contributed by atoms with van der Waals surface area (Å²) in [5.74, 6) is 0. The van der Waals surface area contributed by atoms with Gasteiger partial charge in [0.1, 0.15) is 0 Å². The van der Waals surface area contributed by atoms with Crippen LogP contribution < -0.4 is 0 Å². The first kappa shape index (κ1) is 25.7. The van der Waals surface area contributed by atoms with Gasteiger partial charge in [-0.2, -0.15) is 0 Å². The molecule has 0 aliphatic heterocycles. The van der Waals surface area contributed by atoms with Gasteiger partial charge < -0.3 is 0 Å². The molecule has 0 fully saturated rings. The molecule has 0 saturated heterocycles. The van der Waals surface area contributed by atoms with Gasteiger partial charge in [0.25, 0.3) is 0 Å². The average Bonchev–Trinajstić information content (AvgIpc) is 0. The van der Waals surface area contributed by atoms with Gasteiger partial charge in [0.15, 0.2) is 0 Å². The van der Waals surface area contributed by atoms with Crippen molar-refractivity contribution >= 4 is 94.3 Å². The predicted octanol–water partition coefficient (Wildman–Crippen LogP) is -2.75. The van der Waals surface area contributed by atoms with Crippen molar-refractivity contribution in [2.24, 2.45) is 0 Å². The Balaban J connectivity index is 0. The van der Waals surface area contributed by atoms with E-state index in [1.54, 1.807) is 0 Å². The van der Waals surface area contributed by atoms with Crippen LogP contribution in [0.15, 0.2) is 0 Å². The molecule has 0 rings (SSSR count). The Morgan fingerprint density at radius 1 is 1.00 bits per heavy atom. The summed E-state index contributed by atoms with van der Waals surface area (Å²) < 4.78 is 0. The van der Waals surface area contributed by atoms with Crippen molar-refractivity contribution in [2.75, 3.05) is 0 Å². The second kappa shape index (κ2) is 16.0. The second-order valence-electron chi connectivity index (χ2n) is 0. The van der Waals surface area contributed by atoms with Crippen molar-refractivity contribution in [2.45, 2.75) is 0 Å². The van der Waals surface area contributed by atoms with Gasteiger partial charge in [0.05, 0.1) is 0 Å². The molecular formula is H6CuInKSe. The van der Waals surface area contributed by atoms with E-state index in [9.17, 15) is 0 Å². The Labute approximate surface area is 108 Å². The molecule has 4 heteroatoms. The van der Waals surface area contributed by atoms with E-state index in [-0.39, 0.29) is 111 Å². The van der Waals surface area contributed by atoms with Crippen LogP contribution in [0.2, 0.25) is 0 Å². The molecule has 0 unspecified atom stereocenters. The molecule has 0 heterocycles. The third-order valence-corrected chi connectivity index (χ3v) is 0. The van der Waals surface area contributed by atoms with Gasteiger partial charge in [0.2, 0.25) is 0 Å². The van der Waals surface area contributed by atoms with E-state index < -0.39 is 0 Å². The summed E-state index contributed by atoms with van der Waals surface area (Å²) in [6.45, 7) is 0. The van der Waals surface area contributed by atoms with Gasteiger partial charge in [-0.1, -0.05) is 0 Å². The fraction of sp³-hybridized carbons (Fsp3) is 0. The van der Waals surface area contributed by atoms with Crippen molar-refractivity contribution in [3.05, 3.63) is 0 Å². The SMILES string of the molecule is [Cu].[InH3].[KH].[SeH2]. The van der Waals surface area contributed by atoms with Crippen LogP contribution in [0.5, 0.6) is 0 Å². The fourth-order valence-electron chi connectivity index (χ4n) is 0. The monoisotopic (exact) mass is 303 g/mol. The Bertz CT molecular complexity index is 8.00. The summed E-state index contributed by atoms with van der Waals surface area (Å²) in [5.41, 5.74) is 0. The van der Waals surface area contributed by atoms with Gasteiger partial charge in [-0.25, -0.2) is 0 Å². The molecule has 0 spiro atoms. The predicted molar refractivity (Wildman–Crippen MR) is 25.6 cm³/mol. The molecule has 0 nitrogen and oxygen atoms in total. The molecule has 0 aromatic heterocycles. The summed E-state index contributed by atoms with van der Waals surface area (Å²) in [4.78, 5) is 0. The molecule has 27 valence electrons. The minimum atomic E-state index is 0. The molecule has 0 bridgehead atoms. The summed E-state index contributed by atoms with van der Waals surface area (Å²) >= 11 is 0. The van der Waals surface area contributed by atoms with E-state index in [2.05, 4.69) is 0 Å². The van der Waals surface area contributed by atoms with Crippen molar-refractivity contribution in [1.82, 2.24) is 0 Å². The van der Waals surface area contributed by atoms with E-state index in [1.807, 2.05) is 0 Å². The third kappa shape index (κ3) is 9.11. The molecule has 0 aromatic rings. The van der Waals surface area contributed by atoms with Crippen LogP contribution in [0.25, 0.3) is 0 Å². The first-order chi connectivity index (χ1) is 0. The molecule has 0 aromatic carbocycles. The van der Waals surface area contributed by atoms with Crippen LogP contribution in [-0.2, 0) is 17.1 Å². The molecule has 0 aliphatic carbocycles. The van der Waals surface area contributed by atoms with Gasteiger partial charge in [-0.05, 0) is 0 Å². The first-order valence-corrected chi connectivity index (χ1v) is 0. The van der Waals surface area contributed by atoms with Gasteiger partial charge in [-0.15, -0.1) is 0 Å². The minimum absolute atomic E-state index is 0. The topological polar surface area (TPSA) is 0 Å². The molecular weight excluding hydrogens is 296 g/mol. The Kier molecular flexibility index (Phi) is 103. The second-order valence-corrected chi connectivity index (χ2v) is 0. The Morgan fingerprint density at radius 2 is 1.00 bits per heavy atom. The molecule has 0 N–H and O–H groups in total.